The summed E-state index contributed by atoms with van der Waals surface area (Å²) in [6.07, 6.45) is 1.36. The van der Waals surface area contributed by atoms with Crippen molar-refractivity contribution in [1.82, 2.24) is 10.2 Å². The van der Waals surface area contributed by atoms with Crippen molar-refractivity contribution in [2.24, 2.45) is 4.99 Å². The molecule has 1 rings (SSSR count). The minimum Gasteiger partial charge on any atom is -0.369 e. The van der Waals surface area contributed by atoms with Gasteiger partial charge in [0.25, 0.3) is 5.91 Å². The molecule has 1 saturated heterocycles. The molecule has 5 heteroatoms. The fourth-order valence-electron chi connectivity index (χ4n) is 1.57. The Hall–Kier alpha value is -0.940. The summed E-state index contributed by atoms with van der Waals surface area (Å²) in [6.45, 7) is 5.66. The molecule has 1 heterocycles. The third kappa shape index (κ3) is 3.28. The summed E-state index contributed by atoms with van der Waals surface area (Å²) in [5.41, 5.74) is -0.451. The van der Waals surface area contributed by atoms with Crippen molar-refractivity contribution in [3.63, 3.8) is 0 Å². The van der Waals surface area contributed by atoms with Gasteiger partial charge in [0.05, 0.1) is 12.4 Å². The highest BCUT2D eigenvalue weighted by Gasteiger charge is 2.40. The molecule has 1 aliphatic rings. The van der Waals surface area contributed by atoms with Gasteiger partial charge in [-0.25, -0.2) is 4.99 Å². The number of amides is 1. The lowest BCUT2D eigenvalue weighted by Crippen LogP contribution is -2.43. The van der Waals surface area contributed by atoms with Gasteiger partial charge in [-0.3, -0.25) is 10.1 Å². The molecular weight excluding hydrogens is 194 g/mol. The highest BCUT2D eigenvalue weighted by atomic mass is 16.5. The molecule has 86 valence electrons. The largest absolute Gasteiger partial charge is 0.369 e. The second-order valence-electron chi connectivity index (χ2n) is 4.50. The van der Waals surface area contributed by atoms with Crippen LogP contribution < -0.4 is 5.32 Å². The Morgan fingerprint density at radius 2 is 2.13 bits per heavy atom. The van der Waals surface area contributed by atoms with E-state index in [9.17, 15) is 4.79 Å². The quantitative estimate of drug-likeness (QED) is 0.526. The van der Waals surface area contributed by atoms with E-state index >= 15 is 0 Å². The van der Waals surface area contributed by atoms with Gasteiger partial charge in [-0.05, 0) is 20.8 Å². The van der Waals surface area contributed by atoms with Crippen LogP contribution in [0, 0.1) is 0 Å². The summed E-state index contributed by atoms with van der Waals surface area (Å²) < 4.78 is 5.57. The molecule has 1 amide bonds. The van der Waals surface area contributed by atoms with Crippen molar-refractivity contribution in [1.29, 1.82) is 0 Å². The molecule has 5 nitrogen and oxygen atoms in total. The molecule has 1 fully saturated rings. The predicted molar refractivity (Wildman–Crippen MR) is 58.7 cm³/mol. The van der Waals surface area contributed by atoms with Crippen molar-refractivity contribution >= 4 is 12.2 Å². The van der Waals surface area contributed by atoms with E-state index in [0.717, 1.165) is 0 Å². The maximum Gasteiger partial charge on any atom is 0.266 e. The molecule has 0 aliphatic carbocycles. The summed E-state index contributed by atoms with van der Waals surface area (Å²) >= 11 is 0. The van der Waals surface area contributed by atoms with Crippen LogP contribution >= 0.6 is 0 Å². The van der Waals surface area contributed by atoms with Crippen LogP contribution in [0.5, 0.6) is 0 Å². The number of hydrogen-bond donors (Lipinski definition) is 1. The van der Waals surface area contributed by atoms with Gasteiger partial charge in [-0.1, -0.05) is 0 Å². The monoisotopic (exact) mass is 213 g/mol. The molecule has 0 aromatic heterocycles. The number of nitrogens with zero attached hydrogens (tertiary/aromatic N) is 2. The predicted octanol–water partition coefficient (Wildman–Crippen LogP) is 0.216. The maximum atomic E-state index is 11.7. The molecule has 0 bridgehead atoms. The van der Waals surface area contributed by atoms with Crippen LogP contribution in [0.2, 0.25) is 0 Å². The Bertz CT molecular complexity index is 274. The van der Waals surface area contributed by atoms with Crippen LogP contribution in [0.1, 0.15) is 20.8 Å². The number of rotatable bonds is 2. The van der Waals surface area contributed by atoms with E-state index < -0.39 is 5.72 Å². The van der Waals surface area contributed by atoms with Gasteiger partial charge >= 0.3 is 0 Å². The molecule has 1 N–H and O–H groups in total. The van der Waals surface area contributed by atoms with Crippen molar-refractivity contribution in [2.45, 2.75) is 38.6 Å². The first-order chi connectivity index (χ1) is 6.82. The summed E-state index contributed by atoms with van der Waals surface area (Å²) in [5, 5.41) is 3.10. The lowest BCUT2D eigenvalue weighted by atomic mass is 10.2. The minimum atomic E-state index is -0.451. The van der Waals surface area contributed by atoms with Crippen LogP contribution in [0.4, 0.5) is 0 Å². The molecule has 2 atom stereocenters. The zero-order valence-electron chi connectivity index (χ0n) is 9.94. The SMILES string of the molecule is CC1OC(C)(C)NC1C(=O)/N=C\N(C)C. The van der Waals surface area contributed by atoms with E-state index in [1.54, 1.807) is 4.90 Å². The first kappa shape index (κ1) is 12.1. The lowest BCUT2D eigenvalue weighted by Gasteiger charge is -2.17. The van der Waals surface area contributed by atoms with E-state index in [2.05, 4.69) is 10.3 Å². The Morgan fingerprint density at radius 3 is 2.53 bits per heavy atom. The van der Waals surface area contributed by atoms with Gasteiger partial charge in [-0.15, -0.1) is 0 Å². The van der Waals surface area contributed by atoms with Crippen molar-refractivity contribution in [3.05, 3.63) is 0 Å². The standard InChI is InChI=1S/C10H19N3O2/c1-7-8(12-10(2,3)15-7)9(14)11-6-13(4)5/h6-8,12H,1-5H3/b11-6-. The van der Waals surface area contributed by atoms with E-state index in [0.29, 0.717) is 0 Å². The normalized spacial score (nSPS) is 29.7. The molecule has 1 aliphatic heterocycles. The Kier molecular flexibility index (Phi) is 3.46. The smallest absolute Gasteiger partial charge is 0.266 e. The number of ether oxygens (including phenoxy) is 1. The van der Waals surface area contributed by atoms with Crippen molar-refractivity contribution in [2.75, 3.05) is 14.1 Å². The van der Waals surface area contributed by atoms with Gasteiger partial charge in [-0.2, -0.15) is 0 Å². The summed E-state index contributed by atoms with van der Waals surface area (Å²) in [6, 6.07) is -0.351. The molecule has 0 spiro atoms. The average Bonchev–Trinajstić information content (AvgIpc) is 2.35. The van der Waals surface area contributed by atoms with Crippen LogP contribution in [0.25, 0.3) is 0 Å². The van der Waals surface area contributed by atoms with Gasteiger partial charge in [0, 0.05) is 14.1 Å². The molecular formula is C10H19N3O2. The topological polar surface area (TPSA) is 53.9 Å². The van der Waals surface area contributed by atoms with Crippen molar-refractivity contribution < 1.29 is 9.53 Å². The van der Waals surface area contributed by atoms with Crippen LogP contribution in [0.3, 0.4) is 0 Å². The fraction of sp³-hybridized carbons (Fsp3) is 0.800. The number of hydrogen-bond acceptors (Lipinski definition) is 3. The van der Waals surface area contributed by atoms with E-state index in [4.69, 9.17) is 4.74 Å². The summed E-state index contributed by atoms with van der Waals surface area (Å²) in [7, 11) is 3.64. The van der Waals surface area contributed by atoms with E-state index in [1.807, 2.05) is 34.9 Å². The minimum absolute atomic E-state index is 0.146. The Balaban J connectivity index is 2.62. The van der Waals surface area contributed by atoms with Crippen LogP contribution in [-0.4, -0.2) is 49.1 Å². The highest BCUT2D eigenvalue weighted by Crippen LogP contribution is 2.21. The molecule has 0 aromatic rings. The Labute approximate surface area is 90.5 Å². The summed E-state index contributed by atoms with van der Waals surface area (Å²) in [4.78, 5) is 17.2. The first-order valence-corrected chi connectivity index (χ1v) is 5.02. The molecule has 0 radical (unpaired) electrons. The molecule has 0 saturated carbocycles. The second-order valence-corrected chi connectivity index (χ2v) is 4.50. The first-order valence-electron chi connectivity index (χ1n) is 5.02. The number of carbonyl (C=O) groups is 1. The van der Waals surface area contributed by atoms with Crippen LogP contribution in [-0.2, 0) is 9.53 Å². The number of aliphatic imine (C=N–C) groups is 1. The molecule has 15 heavy (non-hydrogen) atoms. The summed E-state index contributed by atoms with van der Waals surface area (Å²) in [5.74, 6) is -0.193. The van der Waals surface area contributed by atoms with E-state index in [-0.39, 0.29) is 18.1 Å². The third-order valence-electron chi connectivity index (χ3n) is 2.14. The zero-order chi connectivity index (χ0) is 11.6. The van der Waals surface area contributed by atoms with Gasteiger partial charge < -0.3 is 9.64 Å². The highest BCUT2D eigenvalue weighted by molar-refractivity contribution is 5.89. The van der Waals surface area contributed by atoms with E-state index in [1.165, 1.54) is 6.34 Å². The number of carbonyl (C=O) groups excluding carboxylic acids is 1. The van der Waals surface area contributed by atoms with Crippen molar-refractivity contribution in [3.8, 4) is 0 Å². The lowest BCUT2D eigenvalue weighted by molar-refractivity contribution is -0.120. The van der Waals surface area contributed by atoms with Crippen LogP contribution in [0.15, 0.2) is 4.99 Å². The molecule has 2 unspecified atom stereocenters. The second kappa shape index (κ2) is 4.28. The fourth-order valence-corrected chi connectivity index (χ4v) is 1.57. The number of nitrogens with one attached hydrogen (secondary N) is 1. The zero-order valence-corrected chi connectivity index (χ0v) is 9.94. The maximum absolute atomic E-state index is 11.7. The molecule has 0 aromatic carbocycles. The van der Waals surface area contributed by atoms with Gasteiger partial charge in [0.2, 0.25) is 0 Å². The van der Waals surface area contributed by atoms with Gasteiger partial charge in [0.1, 0.15) is 11.8 Å². The average molecular weight is 213 g/mol. The Morgan fingerprint density at radius 1 is 1.53 bits per heavy atom. The third-order valence-corrected chi connectivity index (χ3v) is 2.14. The van der Waals surface area contributed by atoms with Gasteiger partial charge in [0.15, 0.2) is 0 Å².